The molecular formula is C26H21ClN4O3. The first-order valence-corrected chi connectivity index (χ1v) is 11.2. The average molecular weight is 473 g/mol. The Hall–Kier alpha value is -3.97. The Bertz CT molecular complexity index is 1420. The van der Waals surface area contributed by atoms with Gasteiger partial charge >= 0.3 is 0 Å². The number of hydrogen-bond acceptors (Lipinski definition) is 6. The predicted octanol–water partition coefficient (Wildman–Crippen LogP) is 5.51. The van der Waals surface area contributed by atoms with Crippen LogP contribution in [-0.2, 0) is 0 Å². The molecule has 1 aromatic heterocycles. The van der Waals surface area contributed by atoms with Gasteiger partial charge in [-0.1, -0.05) is 48.0 Å². The van der Waals surface area contributed by atoms with Gasteiger partial charge in [-0.3, -0.25) is 0 Å². The summed E-state index contributed by atoms with van der Waals surface area (Å²) in [7, 11) is 3.25. The second-order valence-corrected chi connectivity index (χ2v) is 8.49. The van der Waals surface area contributed by atoms with Crippen LogP contribution in [0.15, 0.2) is 78.6 Å². The minimum Gasteiger partial charge on any atom is -0.493 e. The fourth-order valence-electron chi connectivity index (χ4n) is 4.69. The van der Waals surface area contributed by atoms with E-state index in [2.05, 4.69) is 27.5 Å². The van der Waals surface area contributed by atoms with E-state index >= 15 is 0 Å². The molecule has 2 atom stereocenters. The number of nitrogens with zero attached hydrogens (tertiary/aromatic N) is 3. The fraction of sp³-hybridized carbons (Fsp3) is 0.154. The van der Waals surface area contributed by atoms with E-state index in [0.717, 1.165) is 33.7 Å². The van der Waals surface area contributed by atoms with E-state index in [1.165, 1.54) is 0 Å². The van der Waals surface area contributed by atoms with Crippen molar-refractivity contribution in [2.75, 3.05) is 19.5 Å². The molecule has 34 heavy (non-hydrogen) atoms. The van der Waals surface area contributed by atoms with E-state index in [1.807, 2.05) is 59.3 Å². The van der Waals surface area contributed by atoms with E-state index in [9.17, 15) is 0 Å². The number of hydrogen-bond donors (Lipinski definition) is 1. The Morgan fingerprint density at radius 3 is 2.56 bits per heavy atom. The molecule has 0 spiro atoms. The molecule has 3 heterocycles. The van der Waals surface area contributed by atoms with Crippen LogP contribution in [0.5, 0.6) is 17.2 Å². The van der Waals surface area contributed by atoms with Gasteiger partial charge in [-0.25, -0.2) is 4.68 Å². The summed E-state index contributed by atoms with van der Waals surface area (Å²) in [6.45, 7) is 0. The van der Waals surface area contributed by atoms with Crippen LogP contribution >= 0.6 is 11.6 Å². The molecule has 0 unspecified atom stereocenters. The highest BCUT2D eigenvalue weighted by Gasteiger charge is 2.41. The highest BCUT2D eigenvalue weighted by atomic mass is 35.5. The first-order valence-electron chi connectivity index (χ1n) is 10.8. The van der Waals surface area contributed by atoms with Crippen molar-refractivity contribution >= 4 is 23.2 Å². The van der Waals surface area contributed by atoms with Crippen LogP contribution in [0.3, 0.4) is 0 Å². The lowest BCUT2D eigenvalue weighted by molar-refractivity contribution is 0.223. The van der Waals surface area contributed by atoms with Gasteiger partial charge in [0.25, 0.3) is 0 Å². The maximum atomic E-state index is 6.61. The molecule has 8 heteroatoms. The van der Waals surface area contributed by atoms with Gasteiger partial charge in [0.15, 0.2) is 11.5 Å². The third-order valence-electron chi connectivity index (χ3n) is 6.20. The van der Waals surface area contributed by atoms with Crippen LogP contribution in [0.4, 0.5) is 5.95 Å². The number of fused-ring (bicyclic) bond motifs is 3. The monoisotopic (exact) mass is 472 g/mol. The quantitative estimate of drug-likeness (QED) is 0.422. The number of ether oxygens (including phenoxy) is 3. The van der Waals surface area contributed by atoms with Crippen LogP contribution in [0.2, 0.25) is 5.02 Å². The standard InChI is InChI=1S/C26H21ClN4O3/c1-32-20-10-8-16(12-21(20)33-2)24-22-23(30-26-28-14-29-31(24)26)18-13-17(27)9-11-19(18)34-25(22)15-6-4-3-5-7-15/h3-14,24-25H,1-2H3,(H,28,29,30)/t24-,25-/m1/s1. The number of benzene rings is 3. The van der Waals surface area contributed by atoms with Crippen LogP contribution in [0, 0.1) is 0 Å². The van der Waals surface area contributed by atoms with Crippen LogP contribution in [-0.4, -0.2) is 29.0 Å². The second kappa shape index (κ2) is 8.11. The molecule has 0 saturated carbocycles. The summed E-state index contributed by atoms with van der Waals surface area (Å²) >= 11 is 6.40. The first-order chi connectivity index (χ1) is 16.7. The van der Waals surface area contributed by atoms with Crippen molar-refractivity contribution in [2.45, 2.75) is 12.1 Å². The molecule has 3 aromatic carbocycles. The summed E-state index contributed by atoms with van der Waals surface area (Å²) in [5, 5.41) is 8.68. The molecule has 0 amide bonds. The molecule has 0 fully saturated rings. The van der Waals surface area contributed by atoms with Gasteiger partial charge < -0.3 is 19.5 Å². The Kier molecular flexibility index (Phi) is 4.92. The predicted molar refractivity (Wildman–Crippen MR) is 130 cm³/mol. The lowest BCUT2D eigenvalue weighted by Gasteiger charge is -2.39. The smallest absolute Gasteiger partial charge is 0.226 e. The number of aromatic nitrogens is 3. The van der Waals surface area contributed by atoms with Crippen molar-refractivity contribution in [2.24, 2.45) is 0 Å². The van der Waals surface area contributed by atoms with E-state index in [0.29, 0.717) is 22.5 Å². The number of anilines is 1. The van der Waals surface area contributed by atoms with E-state index in [1.54, 1.807) is 20.5 Å². The summed E-state index contributed by atoms with van der Waals surface area (Å²) in [5.41, 5.74) is 4.80. The zero-order chi connectivity index (χ0) is 23.2. The molecule has 2 aliphatic rings. The fourth-order valence-corrected chi connectivity index (χ4v) is 4.86. The third-order valence-corrected chi connectivity index (χ3v) is 6.44. The molecule has 2 aliphatic heterocycles. The summed E-state index contributed by atoms with van der Waals surface area (Å²) in [5.74, 6) is 2.69. The molecular weight excluding hydrogens is 452 g/mol. The Balaban J connectivity index is 1.63. The minimum absolute atomic E-state index is 0.300. The largest absolute Gasteiger partial charge is 0.493 e. The number of methoxy groups -OCH3 is 2. The highest BCUT2D eigenvalue weighted by Crippen LogP contribution is 2.51. The zero-order valence-corrected chi connectivity index (χ0v) is 19.3. The van der Waals surface area contributed by atoms with Gasteiger partial charge in [0.2, 0.25) is 5.95 Å². The van der Waals surface area contributed by atoms with Gasteiger partial charge in [0.1, 0.15) is 24.2 Å². The maximum absolute atomic E-state index is 6.61. The van der Waals surface area contributed by atoms with Crippen molar-refractivity contribution in [1.82, 2.24) is 14.8 Å². The zero-order valence-electron chi connectivity index (χ0n) is 18.5. The summed E-state index contributed by atoms with van der Waals surface area (Å²) in [6.07, 6.45) is 1.19. The molecule has 0 bridgehead atoms. The maximum Gasteiger partial charge on any atom is 0.226 e. The van der Waals surface area contributed by atoms with Crippen molar-refractivity contribution in [3.05, 3.63) is 100 Å². The van der Waals surface area contributed by atoms with Gasteiger partial charge in [-0.2, -0.15) is 10.1 Å². The van der Waals surface area contributed by atoms with Gasteiger partial charge in [-0.05, 0) is 41.5 Å². The molecule has 7 nitrogen and oxygen atoms in total. The molecule has 6 rings (SSSR count). The van der Waals surface area contributed by atoms with Crippen LogP contribution in [0.1, 0.15) is 28.8 Å². The average Bonchev–Trinajstić information content (AvgIpc) is 3.35. The molecule has 170 valence electrons. The SMILES string of the molecule is COc1ccc([C@@H]2C3=C(Nc4ncnn42)c2cc(Cl)ccc2O[C@@H]3c2ccccc2)cc1OC. The lowest BCUT2D eigenvalue weighted by atomic mass is 9.84. The minimum atomic E-state index is -0.354. The molecule has 0 saturated heterocycles. The van der Waals surface area contributed by atoms with Crippen molar-refractivity contribution in [3.63, 3.8) is 0 Å². The third kappa shape index (κ3) is 3.20. The topological polar surface area (TPSA) is 70.4 Å². The van der Waals surface area contributed by atoms with E-state index in [4.69, 9.17) is 25.8 Å². The number of rotatable bonds is 4. The Labute approximate surface area is 201 Å². The van der Waals surface area contributed by atoms with Gasteiger partial charge in [-0.15, -0.1) is 0 Å². The second-order valence-electron chi connectivity index (χ2n) is 8.05. The number of nitrogens with one attached hydrogen (secondary N) is 1. The lowest BCUT2D eigenvalue weighted by Crippen LogP contribution is -2.32. The molecule has 1 N–H and O–H groups in total. The molecule has 0 aliphatic carbocycles. The summed E-state index contributed by atoms with van der Waals surface area (Å²) in [6, 6.07) is 21.4. The van der Waals surface area contributed by atoms with Gasteiger partial charge in [0, 0.05) is 16.2 Å². The first kappa shape index (κ1) is 20.6. The van der Waals surface area contributed by atoms with Crippen molar-refractivity contribution < 1.29 is 14.2 Å². The van der Waals surface area contributed by atoms with E-state index < -0.39 is 0 Å². The van der Waals surface area contributed by atoms with Crippen molar-refractivity contribution in [3.8, 4) is 17.2 Å². The summed E-state index contributed by atoms with van der Waals surface area (Å²) in [4.78, 5) is 4.47. The van der Waals surface area contributed by atoms with E-state index in [-0.39, 0.29) is 12.1 Å². The Morgan fingerprint density at radius 2 is 1.76 bits per heavy atom. The normalized spacial score (nSPS) is 18.2. The highest BCUT2D eigenvalue weighted by molar-refractivity contribution is 6.30. The summed E-state index contributed by atoms with van der Waals surface area (Å²) < 4.78 is 19.6. The molecule has 0 radical (unpaired) electrons. The Morgan fingerprint density at radius 1 is 0.941 bits per heavy atom. The van der Waals surface area contributed by atoms with Crippen LogP contribution in [0.25, 0.3) is 5.70 Å². The van der Waals surface area contributed by atoms with Crippen LogP contribution < -0.4 is 19.5 Å². The molecule has 4 aromatic rings. The van der Waals surface area contributed by atoms with Crippen molar-refractivity contribution in [1.29, 1.82) is 0 Å². The van der Waals surface area contributed by atoms with Gasteiger partial charge in [0.05, 0.1) is 19.9 Å². The number of halogens is 1.